The van der Waals surface area contributed by atoms with Crippen LogP contribution in [0.25, 0.3) is 0 Å². The second kappa shape index (κ2) is 7.93. The topological polar surface area (TPSA) is 47.0 Å². The van der Waals surface area contributed by atoms with Crippen molar-refractivity contribution in [1.82, 2.24) is 9.97 Å². The molecule has 1 aliphatic carbocycles. The molecule has 20 heavy (non-hydrogen) atoms. The summed E-state index contributed by atoms with van der Waals surface area (Å²) >= 11 is 3.71. The zero-order valence-corrected chi connectivity index (χ0v) is 14.0. The van der Waals surface area contributed by atoms with Gasteiger partial charge < -0.3 is 10.1 Å². The Balaban J connectivity index is 2.26. The Labute approximate surface area is 129 Å². The molecule has 1 heterocycles. The van der Waals surface area contributed by atoms with Crippen LogP contribution < -0.4 is 5.32 Å². The van der Waals surface area contributed by atoms with Crippen molar-refractivity contribution in [2.24, 2.45) is 0 Å². The van der Waals surface area contributed by atoms with Gasteiger partial charge in [-0.25, -0.2) is 9.97 Å². The molecule has 0 aromatic carbocycles. The number of anilines is 1. The van der Waals surface area contributed by atoms with E-state index < -0.39 is 0 Å². The number of hydrogen-bond acceptors (Lipinski definition) is 4. The van der Waals surface area contributed by atoms with E-state index in [-0.39, 0.29) is 0 Å². The fourth-order valence-electron chi connectivity index (χ4n) is 2.65. The summed E-state index contributed by atoms with van der Waals surface area (Å²) in [6.07, 6.45) is 6.96. The van der Waals surface area contributed by atoms with Gasteiger partial charge in [0.25, 0.3) is 0 Å². The first kappa shape index (κ1) is 15.7. The van der Waals surface area contributed by atoms with Crippen LogP contribution in [-0.2, 0) is 11.2 Å². The number of ether oxygens (including phenoxy) is 1. The van der Waals surface area contributed by atoms with Crippen LogP contribution in [0.3, 0.4) is 0 Å². The molecule has 1 aliphatic rings. The molecule has 4 nitrogen and oxygen atoms in total. The predicted molar refractivity (Wildman–Crippen MR) is 85.3 cm³/mol. The second-order valence-electron chi connectivity index (χ2n) is 5.34. The highest BCUT2D eigenvalue weighted by atomic mass is 79.9. The van der Waals surface area contributed by atoms with Gasteiger partial charge in [-0.2, -0.15) is 0 Å². The van der Waals surface area contributed by atoms with Crippen molar-refractivity contribution in [3.05, 3.63) is 16.0 Å². The molecule has 0 aliphatic heterocycles. The fourth-order valence-corrected chi connectivity index (χ4v) is 3.29. The summed E-state index contributed by atoms with van der Waals surface area (Å²) in [5.41, 5.74) is 1.18. The van der Waals surface area contributed by atoms with Gasteiger partial charge in [-0.3, -0.25) is 0 Å². The summed E-state index contributed by atoms with van der Waals surface area (Å²) in [5.74, 6) is 2.40. The van der Waals surface area contributed by atoms with Crippen molar-refractivity contribution < 1.29 is 4.74 Å². The number of nitrogens with one attached hydrogen (secondary N) is 1. The molecule has 5 heteroatoms. The van der Waals surface area contributed by atoms with Crippen LogP contribution in [0.5, 0.6) is 0 Å². The van der Waals surface area contributed by atoms with Gasteiger partial charge >= 0.3 is 0 Å². The summed E-state index contributed by atoms with van der Waals surface area (Å²) < 4.78 is 6.20. The van der Waals surface area contributed by atoms with Crippen LogP contribution in [0, 0.1) is 0 Å². The quantitative estimate of drug-likeness (QED) is 0.816. The number of hydrogen-bond donors (Lipinski definition) is 1. The smallest absolute Gasteiger partial charge is 0.144 e. The van der Waals surface area contributed by atoms with E-state index in [1.165, 1.54) is 31.4 Å². The van der Waals surface area contributed by atoms with Crippen molar-refractivity contribution in [2.45, 2.75) is 51.4 Å². The van der Waals surface area contributed by atoms with E-state index in [0.717, 1.165) is 35.5 Å². The van der Waals surface area contributed by atoms with Gasteiger partial charge in [0.2, 0.25) is 0 Å². The summed E-state index contributed by atoms with van der Waals surface area (Å²) in [5, 5.41) is 3.40. The lowest BCUT2D eigenvalue weighted by molar-refractivity contribution is 0.200. The molecule has 2 rings (SSSR count). The van der Waals surface area contributed by atoms with Crippen molar-refractivity contribution in [3.8, 4) is 0 Å². The molecule has 1 aromatic heterocycles. The Kier molecular flexibility index (Phi) is 6.23. The van der Waals surface area contributed by atoms with Crippen LogP contribution in [0.2, 0.25) is 0 Å². The molecule has 112 valence electrons. The molecule has 1 N–H and O–H groups in total. The standard InChI is InChI=1S/C15H24BrN3O/c1-3-9-17-15-13(16)14(11-6-4-5-7-11)18-12(19-15)8-10-20-2/h11H,3-10H2,1-2H3,(H,17,18,19). The van der Waals surface area contributed by atoms with Gasteiger partial charge in [0.15, 0.2) is 0 Å². The largest absolute Gasteiger partial charge is 0.384 e. The highest BCUT2D eigenvalue weighted by Crippen LogP contribution is 2.38. The van der Waals surface area contributed by atoms with Gasteiger partial charge in [-0.05, 0) is 35.2 Å². The van der Waals surface area contributed by atoms with Gasteiger partial charge in [-0.1, -0.05) is 19.8 Å². The maximum absolute atomic E-state index is 5.15. The summed E-state index contributed by atoms with van der Waals surface area (Å²) in [6, 6.07) is 0. The number of halogens is 1. The maximum Gasteiger partial charge on any atom is 0.144 e. The molecule has 1 saturated carbocycles. The molecule has 1 aromatic rings. The lowest BCUT2D eigenvalue weighted by atomic mass is 10.0. The highest BCUT2D eigenvalue weighted by Gasteiger charge is 2.23. The zero-order valence-electron chi connectivity index (χ0n) is 12.4. The van der Waals surface area contributed by atoms with Gasteiger partial charge in [0.05, 0.1) is 16.8 Å². The Hall–Kier alpha value is -0.680. The average molecular weight is 342 g/mol. The number of methoxy groups -OCH3 is 1. The maximum atomic E-state index is 5.15. The third-order valence-corrected chi connectivity index (χ3v) is 4.52. The number of nitrogens with zero attached hydrogens (tertiary/aromatic N) is 2. The molecular weight excluding hydrogens is 318 g/mol. The van der Waals surface area contributed by atoms with E-state index in [1.54, 1.807) is 7.11 Å². The SMILES string of the molecule is CCCNc1nc(CCOC)nc(C2CCCC2)c1Br. The Bertz CT molecular complexity index is 433. The van der Waals surface area contributed by atoms with Crippen molar-refractivity contribution in [2.75, 3.05) is 25.6 Å². The fraction of sp³-hybridized carbons (Fsp3) is 0.733. The molecular formula is C15H24BrN3O. The lowest BCUT2D eigenvalue weighted by Gasteiger charge is -2.16. The van der Waals surface area contributed by atoms with Crippen LogP contribution in [0.15, 0.2) is 4.47 Å². The van der Waals surface area contributed by atoms with E-state index in [9.17, 15) is 0 Å². The molecule has 0 bridgehead atoms. The third kappa shape index (κ3) is 3.92. The molecule has 0 saturated heterocycles. The van der Waals surface area contributed by atoms with Crippen molar-refractivity contribution in [3.63, 3.8) is 0 Å². The minimum atomic E-state index is 0.579. The summed E-state index contributed by atoms with van der Waals surface area (Å²) in [7, 11) is 1.72. The number of rotatable bonds is 7. The lowest BCUT2D eigenvalue weighted by Crippen LogP contribution is -2.12. The van der Waals surface area contributed by atoms with E-state index >= 15 is 0 Å². The minimum Gasteiger partial charge on any atom is -0.384 e. The second-order valence-corrected chi connectivity index (χ2v) is 6.13. The Morgan fingerprint density at radius 1 is 1.30 bits per heavy atom. The molecule has 0 unspecified atom stereocenters. The molecule has 0 atom stereocenters. The van der Waals surface area contributed by atoms with Crippen LogP contribution in [0.4, 0.5) is 5.82 Å². The molecule has 0 radical (unpaired) electrons. The first-order valence-corrected chi connectivity index (χ1v) is 8.34. The monoisotopic (exact) mass is 341 g/mol. The normalized spacial score (nSPS) is 15.8. The minimum absolute atomic E-state index is 0.579. The Morgan fingerprint density at radius 2 is 2.05 bits per heavy atom. The first-order valence-electron chi connectivity index (χ1n) is 7.55. The van der Waals surface area contributed by atoms with E-state index in [2.05, 4.69) is 33.2 Å². The summed E-state index contributed by atoms with van der Waals surface area (Å²) in [6.45, 7) is 3.76. The molecule has 1 fully saturated rings. The van der Waals surface area contributed by atoms with Crippen LogP contribution >= 0.6 is 15.9 Å². The van der Waals surface area contributed by atoms with E-state index in [1.807, 2.05) is 0 Å². The van der Waals surface area contributed by atoms with E-state index in [0.29, 0.717) is 12.5 Å². The van der Waals surface area contributed by atoms with Crippen molar-refractivity contribution in [1.29, 1.82) is 0 Å². The summed E-state index contributed by atoms with van der Waals surface area (Å²) in [4.78, 5) is 9.41. The van der Waals surface area contributed by atoms with Crippen LogP contribution in [0.1, 0.15) is 56.5 Å². The average Bonchev–Trinajstić information content (AvgIpc) is 2.98. The highest BCUT2D eigenvalue weighted by molar-refractivity contribution is 9.10. The molecule has 0 amide bonds. The van der Waals surface area contributed by atoms with Gasteiger partial charge in [0.1, 0.15) is 11.6 Å². The zero-order chi connectivity index (χ0) is 14.4. The predicted octanol–water partition coefficient (Wildman–Crippen LogP) is 3.91. The van der Waals surface area contributed by atoms with Crippen molar-refractivity contribution >= 4 is 21.7 Å². The Morgan fingerprint density at radius 3 is 2.70 bits per heavy atom. The van der Waals surface area contributed by atoms with Gasteiger partial charge in [-0.15, -0.1) is 0 Å². The third-order valence-electron chi connectivity index (χ3n) is 3.74. The first-order chi connectivity index (χ1) is 9.76. The number of aromatic nitrogens is 2. The molecule has 0 spiro atoms. The van der Waals surface area contributed by atoms with Gasteiger partial charge in [0, 0.05) is 26.0 Å². The van der Waals surface area contributed by atoms with E-state index in [4.69, 9.17) is 9.72 Å². The van der Waals surface area contributed by atoms with Crippen LogP contribution in [-0.4, -0.2) is 30.2 Å².